The first-order valence-corrected chi connectivity index (χ1v) is 6.60. The maximum Gasteiger partial charge on any atom is 0.141 e. The van der Waals surface area contributed by atoms with Crippen molar-refractivity contribution < 1.29 is 0 Å². The summed E-state index contributed by atoms with van der Waals surface area (Å²) in [5.41, 5.74) is 1.10. The summed E-state index contributed by atoms with van der Waals surface area (Å²) in [6.45, 7) is 6.43. The minimum atomic E-state index is 0.344. The Morgan fingerprint density at radius 2 is 2.06 bits per heavy atom. The summed E-state index contributed by atoms with van der Waals surface area (Å²) >= 11 is 1.72. The van der Waals surface area contributed by atoms with E-state index in [1.165, 1.54) is 4.88 Å². The van der Waals surface area contributed by atoms with E-state index in [9.17, 15) is 0 Å². The first-order valence-electron chi connectivity index (χ1n) is 5.78. The van der Waals surface area contributed by atoms with Crippen molar-refractivity contribution in [1.82, 2.24) is 19.9 Å². The number of rotatable bonds is 4. The lowest BCUT2D eigenvalue weighted by Crippen LogP contribution is -2.10. The topological polar surface area (TPSA) is 42.7 Å². The number of nitrogens with one attached hydrogen (secondary N) is 1. The molecule has 1 unspecified atom stereocenters. The fourth-order valence-corrected chi connectivity index (χ4v) is 2.62. The van der Waals surface area contributed by atoms with E-state index in [1.807, 2.05) is 25.8 Å². The zero-order chi connectivity index (χ0) is 12.4. The summed E-state index contributed by atoms with van der Waals surface area (Å²) in [4.78, 5) is 9.95. The number of aromatic nitrogens is 3. The average Bonchev–Trinajstić information content (AvgIpc) is 2.95. The molecule has 2 rings (SSSR count). The van der Waals surface area contributed by atoms with Gasteiger partial charge in [0.2, 0.25) is 0 Å². The van der Waals surface area contributed by atoms with Crippen molar-refractivity contribution in [3.8, 4) is 10.7 Å². The van der Waals surface area contributed by atoms with Gasteiger partial charge in [-0.15, -0.1) is 11.3 Å². The molecule has 0 amide bonds. The van der Waals surface area contributed by atoms with Gasteiger partial charge in [-0.2, -0.15) is 0 Å². The van der Waals surface area contributed by atoms with Crippen molar-refractivity contribution in [3.05, 3.63) is 23.6 Å². The summed E-state index contributed by atoms with van der Waals surface area (Å²) in [5, 5.41) is 4.26. The van der Waals surface area contributed by atoms with Crippen molar-refractivity contribution in [1.29, 1.82) is 0 Å². The summed E-state index contributed by atoms with van der Waals surface area (Å²) in [5.74, 6) is 0. The highest BCUT2D eigenvalue weighted by Crippen LogP contribution is 2.29. The molecule has 0 aromatic carbocycles. The molecule has 0 spiro atoms. The largest absolute Gasteiger partial charge is 0.326 e. The molecule has 0 saturated heterocycles. The molecule has 0 radical (unpaired) electrons. The molecule has 2 aromatic rings. The highest BCUT2D eigenvalue weighted by Gasteiger charge is 2.13. The second kappa shape index (κ2) is 4.98. The van der Waals surface area contributed by atoms with Crippen molar-refractivity contribution in [2.24, 2.45) is 0 Å². The number of hydrogen-bond acceptors (Lipinski definition) is 4. The molecule has 1 N–H and O–H groups in total. The maximum atomic E-state index is 4.49. The first kappa shape index (κ1) is 12.3. The third-order valence-corrected chi connectivity index (χ3v) is 4.03. The normalized spacial score (nSPS) is 13.2. The monoisotopic (exact) mass is 250 g/mol. The highest BCUT2D eigenvalue weighted by atomic mass is 32.1. The van der Waals surface area contributed by atoms with Crippen LogP contribution in [0.1, 0.15) is 37.7 Å². The predicted octanol–water partition coefficient (Wildman–Crippen LogP) is 2.87. The third-order valence-electron chi connectivity index (χ3n) is 2.82. The van der Waals surface area contributed by atoms with Gasteiger partial charge >= 0.3 is 0 Å². The van der Waals surface area contributed by atoms with E-state index in [0.29, 0.717) is 12.1 Å². The van der Waals surface area contributed by atoms with E-state index in [0.717, 1.165) is 10.7 Å². The van der Waals surface area contributed by atoms with Gasteiger partial charge in [0.05, 0.1) is 18.2 Å². The van der Waals surface area contributed by atoms with Gasteiger partial charge in [-0.3, -0.25) is 0 Å². The van der Waals surface area contributed by atoms with Crippen LogP contribution in [0.2, 0.25) is 0 Å². The standard InChI is InChI=1S/C12H18N4S/c1-8(2)16-7-14-5-10(16)12-15-6-11(17-12)9(3)13-4/h5-9,13H,1-4H3. The molecule has 0 bridgehead atoms. The molecule has 0 aliphatic heterocycles. The summed E-state index contributed by atoms with van der Waals surface area (Å²) in [6.07, 6.45) is 5.69. The van der Waals surface area contributed by atoms with Gasteiger partial charge in [0, 0.05) is 23.2 Å². The molecular formula is C12H18N4S. The van der Waals surface area contributed by atoms with Gasteiger partial charge in [0.1, 0.15) is 5.01 Å². The molecular weight excluding hydrogens is 232 g/mol. The van der Waals surface area contributed by atoms with Crippen LogP contribution in [0.25, 0.3) is 10.7 Å². The molecule has 0 aliphatic rings. The van der Waals surface area contributed by atoms with E-state index in [4.69, 9.17) is 0 Å². The van der Waals surface area contributed by atoms with Crippen molar-refractivity contribution in [2.75, 3.05) is 7.05 Å². The van der Waals surface area contributed by atoms with Crippen LogP contribution < -0.4 is 5.32 Å². The SMILES string of the molecule is CNC(C)c1cnc(-c2cncn2C(C)C)s1. The Morgan fingerprint density at radius 1 is 1.29 bits per heavy atom. The van der Waals surface area contributed by atoms with Gasteiger partial charge < -0.3 is 9.88 Å². The Labute approximate surface area is 106 Å². The van der Waals surface area contributed by atoms with E-state index < -0.39 is 0 Å². The van der Waals surface area contributed by atoms with Gasteiger partial charge in [-0.25, -0.2) is 9.97 Å². The average molecular weight is 250 g/mol. The zero-order valence-corrected chi connectivity index (χ0v) is 11.5. The lowest BCUT2D eigenvalue weighted by Gasteiger charge is -2.09. The van der Waals surface area contributed by atoms with E-state index in [2.05, 4.69) is 40.6 Å². The Bertz CT molecular complexity index is 486. The first-order chi connectivity index (χ1) is 8.13. The summed E-state index contributed by atoms with van der Waals surface area (Å²) in [7, 11) is 1.96. The summed E-state index contributed by atoms with van der Waals surface area (Å²) < 4.78 is 2.15. The van der Waals surface area contributed by atoms with Crippen LogP contribution in [-0.2, 0) is 0 Å². The fourth-order valence-electron chi connectivity index (χ4n) is 1.63. The molecule has 4 nitrogen and oxygen atoms in total. The molecule has 17 heavy (non-hydrogen) atoms. The fraction of sp³-hybridized carbons (Fsp3) is 0.500. The minimum Gasteiger partial charge on any atom is -0.326 e. The Kier molecular flexibility index (Phi) is 3.59. The third kappa shape index (κ3) is 2.40. The second-order valence-corrected chi connectivity index (χ2v) is 5.42. The van der Waals surface area contributed by atoms with E-state index >= 15 is 0 Å². The van der Waals surface area contributed by atoms with Gasteiger partial charge in [-0.05, 0) is 27.8 Å². The number of imidazole rings is 1. The van der Waals surface area contributed by atoms with Crippen LogP contribution in [0.3, 0.4) is 0 Å². The van der Waals surface area contributed by atoms with Gasteiger partial charge in [0.25, 0.3) is 0 Å². The Morgan fingerprint density at radius 3 is 2.71 bits per heavy atom. The van der Waals surface area contributed by atoms with E-state index in [-0.39, 0.29) is 0 Å². The van der Waals surface area contributed by atoms with Crippen molar-refractivity contribution in [3.63, 3.8) is 0 Å². The molecule has 92 valence electrons. The lowest BCUT2D eigenvalue weighted by molar-refractivity contribution is 0.605. The summed E-state index contributed by atoms with van der Waals surface area (Å²) in [6, 6.07) is 0.748. The maximum absolute atomic E-state index is 4.49. The molecule has 2 aromatic heterocycles. The molecule has 1 atom stereocenters. The van der Waals surface area contributed by atoms with Crippen LogP contribution in [0, 0.1) is 0 Å². The van der Waals surface area contributed by atoms with Crippen molar-refractivity contribution in [2.45, 2.75) is 32.9 Å². The van der Waals surface area contributed by atoms with Crippen LogP contribution in [-0.4, -0.2) is 21.6 Å². The van der Waals surface area contributed by atoms with E-state index in [1.54, 1.807) is 11.3 Å². The second-order valence-electron chi connectivity index (χ2n) is 4.36. The number of thiazole rings is 1. The zero-order valence-electron chi connectivity index (χ0n) is 10.6. The van der Waals surface area contributed by atoms with Crippen LogP contribution in [0.5, 0.6) is 0 Å². The number of nitrogens with zero attached hydrogens (tertiary/aromatic N) is 3. The van der Waals surface area contributed by atoms with Crippen LogP contribution in [0.4, 0.5) is 0 Å². The van der Waals surface area contributed by atoms with Crippen molar-refractivity contribution >= 4 is 11.3 Å². The quantitative estimate of drug-likeness (QED) is 0.907. The molecule has 0 aliphatic carbocycles. The molecule has 0 fully saturated rings. The predicted molar refractivity (Wildman–Crippen MR) is 71.2 cm³/mol. The Hall–Kier alpha value is -1.20. The van der Waals surface area contributed by atoms with Gasteiger partial charge in [-0.1, -0.05) is 0 Å². The smallest absolute Gasteiger partial charge is 0.141 e. The minimum absolute atomic E-state index is 0.344. The molecule has 5 heteroatoms. The molecule has 0 saturated carbocycles. The Balaban J connectivity index is 2.34. The highest BCUT2D eigenvalue weighted by molar-refractivity contribution is 7.15. The number of hydrogen-bond donors (Lipinski definition) is 1. The van der Waals surface area contributed by atoms with Crippen LogP contribution >= 0.6 is 11.3 Å². The molecule has 2 heterocycles. The van der Waals surface area contributed by atoms with Crippen LogP contribution in [0.15, 0.2) is 18.7 Å². The van der Waals surface area contributed by atoms with Gasteiger partial charge in [0.15, 0.2) is 0 Å². The lowest BCUT2D eigenvalue weighted by atomic mass is 10.3.